The van der Waals surface area contributed by atoms with Crippen LogP contribution in [0.2, 0.25) is 0 Å². The number of nitrogens with one attached hydrogen (secondary N) is 1. The summed E-state index contributed by atoms with van der Waals surface area (Å²) in [6, 6.07) is 2.04. The number of carbonyl (C=O) groups is 1. The van der Waals surface area contributed by atoms with E-state index >= 15 is 0 Å². The fourth-order valence-corrected chi connectivity index (χ4v) is 2.97. The topological polar surface area (TPSA) is 70.0 Å². The molecule has 0 unspecified atom stereocenters. The van der Waals surface area contributed by atoms with Crippen molar-refractivity contribution >= 4 is 22.4 Å². The van der Waals surface area contributed by atoms with Gasteiger partial charge in [-0.25, -0.2) is 4.98 Å². The summed E-state index contributed by atoms with van der Waals surface area (Å²) in [5.41, 5.74) is 3.99. The van der Waals surface area contributed by atoms with Crippen LogP contribution in [0.15, 0.2) is 24.1 Å². The van der Waals surface area contributed by atoms with Crippen molar-refractivity contribution < 1.29 is 9.90 Å². The van der Waals surface area contributed by atoms with E-state index in [1.54, 1.807) is 17.4 Å². The van der Waals surface area contributed by atoms with Gasteiger partial charge in [0.25, 0.3) is 0 Å². The second-order valence-corrected chi connectivity index (χ2v) is 5.62. The van der Waals surface area contributed by atoms with E-state index in [0.29, 0.717) is 13.1 Å². The summed E-state index contributed by atoms with van der Waals surface area (Å²) < 4.78 is 1.99. The number of aliphatic carboxylic acids is 1. The SMILES string of the molecule is C=CCNc1nc(-c2cc(C)n(CCC(=O)[O-])c2C)cs1. The first-order valence-electron chi connectivity index (χ1n) is 6.70. The fraction of sp³-hybridized carbons (Fsp3) is 0.333. The molecule has 2 heterocycles. The summed E-state index contributed by atoms with van der Waals surface area (Å²) >= 11 is 1.54. The molecule has 0 aliphatic rings. The molecule has 2 aromatic rings. The lowest BCUT2D eigenvalue weighted by atomic mass is 10.2. The molecule has 2 aromatic heterocycles. The van der Waals surface area contributed by atoms with Gasteiger partial charge in [0, 0.05) is 47.8 Å². The molecule has 5 nitrogen and oxygen atoms in total. The van der Waals surface area contributed by atoms with E-state index in [2.05, 4.69) is 16.9 Å². The highest BCUT2D eigenvalue weighted by atomic mass is 32.1. The molecule has 0 fully saturated rings. The highest BCUT2D eigenvalue weighted by Gasteiger charge is 2.13. The van der Waals surface area contributed by atoms with Crippen LogP contribution in [0.3, 0.4) is 0 Å². The van der Waals surface area contributed by atoms with Crippen LogP contribution in [0.1, 0.15) is 17.8 Å². The molecule has 0 aliphatic heterocycles. The quantitative estimate of drug-likeness (QED) is 0.794. The minimum absolute atomic E-state index is 0.0129. The largest absolute Gasteiger partial charge is 0.550 e. The van der Waals surface area contributed by atoms with E-state index in [0.717, 1.165) is 27.8 Å². The standard InChI is InChI=1S/C15H19N3O2S/c1-4-6-16-15-17-13(9-21-15)12-8-10(2)18(11(12)3)7-5-14(19)20/h4,8-9H,1,5-7H2,2-3H3,(H,16,17)(H,19,20)/p-1. The molecule has 112 valence electrons. The van der Waals surface area contributed by atoms with E-state index in [1.165, 1.54) is 0 Å². The van der Waals surface area contributed by atoms with E-state index in [4.69, 9.17) is 0 Å². The van der Waals surface area contributed by atoms with Crippen molar-refractivity contribution in [3.8, 4) is 11.3 Å². The number of carboxylic acid groups (broad SMARTS) is 1. The third-order valence-electron chi connectivity index (χ3n) is 3.29. The maximum absolute atomic E-state index is 10.6. The Balaban J connectivity index is 2.23. The molecule has 0 spiro atoms. The maximum Gasteiger partial charge on any atom is 0.183 e. The van der Waals surface area contributed by atoms with Gasteiger partial charge in [0.1, 0.15) is 0 Å². The zero-order chi connectivity index (χ0) is 15.4. The summed E-state index contributed by atoms with van der Waals surface area (Å²) in [5, 5.41) is 16.6. The van der Waals surface area contributed by atoms with E-state index in [9.17, 15) is 9.90 Å². The predicted molar refractivity (Wildman–Crippen MR) is 83.3 cm³/mol. The van der Waals surface area contributed by atoms with E-state index in [-0.39, 0.29) is 6.42 Å². The van der Waals surface area contributed by atoms with Gasteiger partial charge in [0.2, 0.25) is 0 Å². The molecular formula is C15H18N3O2S-. The van der Waals surface area contributed by atoms with Crippen molar-refractivity contribution in [2.24, 2.45) is 0 Å². The first-order chi connectivity index (χ1) is 10.0. The minimum Gasteiger partial charge on any atom is -0.550 e. The van der Waals surface area contributed by atoms with E-state index < -0.39 is 5.97 Å². The number of hydrogen-bond acceptors (Lipinski definition) is 5. The Labute approximate surface area is 128 Å². The Morgan fingerprint density at radius 3 is 3.00 bits per heavy atom. The zero-order valence-electron chi connectivity index (χ0n) is 12.2. The number of carboxylic acids is 1. The van der Waals surface area contributed by atoms with Gasteiger partial charge < -0.3 is 19.8 Å². The molecule has 0 bridgehead atoms. The fourth-order valence-electron chi connectivity index (χ4n) is 2.25. The van der Waals surface area contributed by atoms with Gasteiger partial charge in [-0.3, -0.25) is 0 Å². The predicted octanol–water partition coefficient (Wildman–Crippen LogP) is 1.97. The van der Waals surface area contributed by atoms with Crippen LogP contribution in [0.4, 0.5) is 5.13 Å². The smallest absolute Gasteiger partial charge is 0.183 e. The Hall–Kier alpha value is -2.08. The zero-order valence-corrected chi connectivity index (χ0v) is 13.0. The van der Waals surface area contributed by atoms with Crippen LogP contribution >= 0.6 is 11.3 Å². The number of carbonyl (C=O) groups excluding carboxylic acids is 1. The van der Waals surface area contributed by atoms with Crippen molar-refractivity contribution in [2.75, 3.05) is 11.9 Å². The molecule has 0 radical (unpaired) electrons. The van der Waals surface area contributed by atoms with Gasteiger partial charge in [-0.05, 0) is 19.9 Å². The summed E-state index contributed by atoms with van der Waals surface area (Å²) in [4.78, 5) is 15.2. The summed E-state index contributed by atoms with van der Waals surface area (Å²) in [7, 11) is 0. The number of hydrogen-bond donors (Lipinski definition) is 1. The van der Waals surface area contributed by atoms with Crippen LogP contribution in [0, 0.1) is 13.8 Å². The Morgan fingerprint density at radius 1 is 1.57 bits per heavy atom. The van der Waals surface area contributed by atoms with Gasteiger partial charge in [-0.1, -0.05) is 6.08 Å². The van der Waals surface area contributed by atoms with Gasteiger partial charge in [0.15, 0.2) is 5.13 Å². The van der Waals surface area contributed by atoms with Crippen molar-refractivity contribution in [3.05, 3.63) is 35.5 Å². The molecule has 0 saturated heterocycles. The Bertz CT molecular complexity index is 658. The normalized spacial score (nSPS) is 10.6. The summed E-state index contributed by atoms with van der Waals surface area (Å²) in [5.74, 6) is -1.03. The lowest BCUT2D eigenvalue weighted by Crippen LogP contribution is -2.24. The molecule has 6 heteroatoms. The summed E-state index contributed by atoms with van der Waals surface area (Å²) in [6.07, 6.45) is 1.80. The maximum atomic E-state index is 10.6. The van der Waals surface area contributed by atoms with Gasteiger partial charge >= 0.3 is 0 Å². The van der Waals surface area contributed by atoms with Crippen LogP contribution in [0.25, 0.3) is 11.3 Å². The lowest BCUT2D eigenvalue weighted by Gasteiger charge is -2.09. The number of anilines is 1. The van der Waals surface area contributed by atoms with Crippen LogP contribution in [0.5, 0.6) is 0 Å². The molecule has 2 rings (SSSR count). The molecule has 0 aromatic carbocycles. The molecule has 0 amide bonds. The lowest BCUT2D eigenvalue weighted by molar-refractivity contribution is -0.305. The minimum atomic E-state index is -1.03. The summed E-state index contributed by atoms with van der Waals surface area (Å²) in [6.45, 7) is 8.71. The average molecular weight is 304 g/mol. The highest BCUT2D eigenvalue weighted by molar-refractivity contribution is 7.14. The van der Waals surface area contributed by atoms with Crippen LogP contribution in [-0.4, -0.2) is 22.1 Å². The van der Waals surface area contributed by atoms with Crippen LogP contribution in [-0.2, 0) is 11.3 Å². The number of aromatic nitrogens is 2. The number of rotatable bonds is 7. The van der Waals surface area contributed by atoms with Gasteiger partial charge in [-0.15, -0.1) is 17.9 Å². The average Bonchev–Trinajstić information content (AvgIpc) is 3.00. The molecule has 0 saturated carbocycles. The third-order valence-corrected chi connectivity index (χ3v) is 4.09. The van der Waals surface area contributed by atoms with Crippen molar-refractivity contribution in [1.82, 2.24) is 9.55 Å². The number of thiazole rings is 1. The molecule has 0 aliphatic carbocycles. The molecule has 21 heavy (non-hydrogen) atoms. The monoisotopic (exact) mass is 304 g/mol. The first kappa shape index (κ1) is 15.3. The van der Waals surface area contributed by atoms with Crippen molar-refractivity contribution in [2.45, 2.75) is 26.8 Å². The van der Waals surface area contributed by atoms with E-state index in [1.807, 2.05) is 29.9 Å². The highest BCUT2D eigenvalue weighted by Crippen LogP contribution is 2.29. The number of aryl methyl sites for hydroxylation is 1. The molecule has 0 atom stereocenters. The second-order valence-electron chi connectivity index (χ2n) is 4.77. The first-order valence-corrected chi connectivity index (χ1v) is 7.58. The van der Waals surface area contributed by atoms with Gasteiger partial charge in [0.05, 0.1) is 5.69 Å². The van der Waals surface area contributed by atoms with Crippen molar-refractivity contribution in [1.29, 1.82) is 0 Å². The van der Waals surface area contributed by atoms with Gasteiger partial charge in [-0.2, -0.15) is 0 Å². The molecule has 1 N–H and O–H groups in total. The Morgan fingerprint density at radius 2 is 2.33 bits per heavy atom. The number of nitrogens with zero attached hydrogens (tertiary/aromatic N) is 2. The second kappa shape index (κ2) is 6.58. The van der Waals surface area contributed by atoms with Crippen molar-refractivity contribution in [3.63, 3.8) is 0 Å². The third kappa shape index (κ3) is 3.52. The Kier molecular flexibility index (Phi) is 4.80. The molecular weight excluding hydrogens is 286 g/mol. The van der Waals surface area contributed by atoms with Crippen LogP contribution < -0.4 is 10.4 Å².